The molecule has 0 bridgehead atoms. The zero-order valence-electron chi connectivity index (χ0n) is 11.7. The smallest absolute Gasteiger partial charge is 0.0757 e. The van der Waals surface area contributed by atoms with Crippen LogP contribution in [0.2, 0.25) is 0 Å². The number of hydrogen-bond donors (Lipinski definition) is 1. The predicted molar refractivity (Wildman–Crippen MR) is 76.9 cm³/mol. The molecule has 1 aromatic heterocycles. The van der Waals surface area contributed by atoms with Crippen LogP contribution in [0.3, 0.4) is 0 Å². The van der Waals surface area contributed by atoms with Crippen molar-refractivity contribution in [1.82, 2.24) is 4.90 Å². The predicted octanol–water partition coefficient (Wildman–Crippen LogP) is 2.64. The highest BCUT2D eigenvalue weighted by Gasteiger charge is 2.36. The lowest BCUT2D eigenvalue weighted by molar-refractivity contribution is -0.139. The van der Waals surface area contributed by atoms with Gasteiger partial charge in [0, 0.05) is 24.0 Å². The number of hydrogen-bond acceptors (Lipinski definition) is 4. The molecule has 2 rings (SSSR count). The van der Waals surface area contributed by atoms with Crippen molar-refractivity contribution in [2.75, 3.05) is 13.1 Å². The van der Waals surface area contributed by atoms with Crippen molar-refractivity contribution in [1.29, 1.82) is 0 Å². The summed E-state index contributed by atoms with van der Waals surface area (Å²) < 4.78 is 5.97. The maximum atomic E-state index is 6.22. The van der Waals surface area contributed by atoms with E-state index in [0.29, 0.717) is 6.04 Å². The van der Waals surface area contributed by atoms with E-state index in [1.807, 2.05) is 0 Å². The summed E-state index contributed by atoms with van der Waals surface area (Å²) in [7, 11) is 0. The quantitative estimate of drug-likeness (QED) is 0.916. The molecule has 102 valence electrons. The van der Waals surface area contributed by atoms with E-state index in [1.165, 1.54) is 4.88 Å². The summed E-state index contributed by atoms with van der Waals surface area (Å²) in [6.07, 6.45) is 0.259. The minimum absolute atomic E-state index is 0.0952. The van der Waals surface area contributed by atoms with Crippen molar-refractivity contribution in [3.63, 3.8) is 0 Å². The molecule has 4 heteroatoms. The van der Waals surface area contributed by atoms with Crippen LogP contribution in [0.1, 0.15) is 38.6 Å². The van der Waals surface area contributed by atoms with Gasteiger partial charge in [-0.2, -0.15) is 0 Å². The number of morpholine rings is 1. The van der Waals surface area contributed by atoms with Crippen molar-refractivity contribution in [3.05, 3.63) is 22.4 Å². The Bertz CT molecular complexity index is 375. The van der Waals surface area contributed by atoms with Gasteiger partial charge >= 0.3 is 0 Å². The van der Waals surface area contributed by atoms with E-state index in [1.54, 1.807) is 11.3 Å². The third kappa shape index (κ3) is 3.12. The topological polar surface area (TPSA) is 38.5 Å². The molecule has 2 N–H and O–H groups in total. The van der Waals surface area contributed by atoms with E-state index in [9.17, 15) is 0 Å². The molecule has 0 amide bonds. The molecular weight excluding hydrogens is 244 g/mol. The molecule has 3 unspecified atom stereocenters. The second-order valence-corrected chi connectivity index (χ2v) is 6.92. The Labute approximate surface area is 114 Å². The van der Waals surface area contributed by atoms with Gasteiger partial charge in [0.25, 0.3) is 0 Å². The molecule has 0 radical (unpaired) electrons. The van der Waals surface area contributed by atoms with Gasteiger partial charge in [0.15, 0.2) is 0 Å². The van der Waals surface area contributed by atoms with E-state index < -0.39 is 0 Å². The maximum absolute atomic E-state index is 6.22. The average Bonchev–Trinajstić information content (AvgIpc) is 2.66. The van der Waals surface area contributed by atoms with Gasteiger partial charge in [-0.3, -0.25) is 4.90 Å². The first-order valence-electron chi connectivity index (χ1n) is 6.60. The van der Waals surface area contributed by atoms with Crippen LogP contribution in [0.5, 0.6) is 0 Å². The minimum atomic E-state index is -0.0952. The summed E-state index contributed by atoms with van der Waals surface area (Å²) >= 11 is 1.79. The second kappa shape index (κ2) is 5.29. The van der Waals surface area contributed by atoms with Crippen LogP contribution in [-0.2, 0) is 4.74 Å². The van der Waals surface area contributed by atoms with Crippen LogP contribution in [0.4, 0.5) is 0 Å². The second-order valence-electron chi connectivity index (χ2n) is 5.94. The fourth-order valence-electron chi connectivity index (χ4n) is 2.95. The van der Waals surface area contributed by atoms with E-state index in [-0.39, 0.29) is 17.7 Å². The number of thiophene rings is 1. The molecular formula is C14H24N2OS. The lowest BCUT2D eigenvalue weighted by atomic mass is 10.00. The van der Waals surface area contributed by atoms with Crippen LogP contribution >= 0.6 is 11.3 Å². The monoisotopic (exact) mass is 268 g/mol. The van der Waals surface area contributed by atoms with Gasteiger partial charge in [-0.15, -0.1) is 11.3 Å². The molecule has 1 aliphatic rings. The Morgan fingerprint density at radius 1 is 1.56 bits per heavy atom. The number of rotatable bonds is 3. The van der Waals surface area contributed by atoms with Crippen molar-refractivity contribution in [2.24, 2.45) is 5.73 Å². The molecule has 3 atom stereocenters. The van der Waals surface area contributed by atoms with Gasteiger partial charge in [0.05, 0.1) is 17.7 Å². The maximum Gasteiger partial charge on any atom is 0.0757 e. The molecule has 1 aliphatic heterocycles. The van der Waals surface area contributed by atoms with Crippen molar-refractivity contribution in [3.8, 4) is 0 Å². The lowest BCUT2D eigenvalue weighted by Crippen LogP contribution is -2.55. The first-order chi connectivity index (χ1) is 8.39. The SMILES string of the molecule is CC1CN(C(c2cccs2)C(C)N)CC(C)(C)O1. The summed E-state index contributed by atoms with van der Waals surface area (Å²) in [6.45, 7) is 10.4. The first-order valence-corrected chi connectivity index (χ1v) is 7.48. The molecule has 1 aromatic rings. The van der Waals surface area contributed by atoms with Gasteiger partial charge in [-0.1, -0.05) is 6.07 Å². The van der Waals surface area contributed by atoms with Crippen molar-refractivity contribution < 1.29 is 4.74 Å². The Morgan fingerprint density at radius 2 is 2.28 bits per heavy atom. The summed E-state index contributed by atoms with van der Waals surface area (Å²) in [5, 5.41) is 2.12. The number of nitrogens with two attached hydrogens (primary N) is 1. The van der Waals surface area contributed by atoms with Crippen LogP contribution in [-0.4, -0.2) is 35.7 Å². The fourth-order valence-corrected chi connectivity index (χ4v) is 3.92. The summed E-state index contributed by atoms with van der Waals surface area (Å²) in [4.78, 5) is 3.83. The zero-order chi connectivity index (χ0) is 13.3. The molecule has 0 aromatic carbocycles. The summed E-state index contributed by atoms with van der Waals surface area (Å²) in [5.74, 6) is 0. The Balaban J connectivity index is 2.21. The minimum Gasteiger partial charge on any atom is -0.370 e. The van der Waals surface area contributed by atoms with Gasteiger partial charge in [0.1, 0.15) is 0 Å². The summed E-state index contributed by atoms with van der Waals surface area (Å²) in [6, 6.07) is 4.72. The Hall–Kier alpha value is -0.420. The standard InChI is InChI=1S/C14H24N2OS/c1-10-8-16(9-14(3,4)17-10)13(11(2)15)12-6-5-7-18-12/h5-7,10-11,13H,8-9,15H2,1-4H3. The molecule has 0 aliphatic carbocycles. The molecule has 1 fully saturated rings. The van der Waals surface area contributed by atoms with Crippen LogP contribution in [0.15, 0.2) is 17.5 Å². The number of ether oxygens (including phenoxy) is 1. The van der Waals surface area contributed by atoms with Crippen LogP contribution in [0, 0.1) is 0 Å². The van der Waals surface area contributed by atoms with E-state index >= 15 is 0 Å². The normalized spacial score (nSPS) is 27.9. The highest BCUT2D eigenvalue weighted by atomic mass is 32.1. The molecule has 3 nitrogen and oxygen atoms in total. The first kappa shape index (κ1) is 14.0. The highest BCUT2D eigenvalue weighted by Crippen LogP contribution is 2.32. The fraction of sp³-hybridized carbons (Fsp3) is 0.714. The highest BCUT2D eigenvalue weighted by molar-refractivity contribution is 7.10. The third-order valence-corrected chi connectivity index (χ3v) is 4.26. The molecule has 2 heterocycles. The largest absolute Gasteiger partial charge is 0.370 e. The molecule has 18 heavy (non-hydrogen) atoms. The average molecular weight is 268 g/mol. The lowest BCUT2D eigenvalue weighted by Gasteiger charge is -2.46. The Morgan fingerprint density at radius 3 is 2.78 bits per heavy atom. The van der Waals surface area contributed by atoms with Crippen LogP contribution < -0.4 is 5.73 Å². The van der Waals surface area contributed by atoms with Crippen molar-refractivity contribution in [2.45, 2.75) is 51.5 Å². The van der Waals surface area contributed by atoms with Gasteiger partial charge in [-0.05, 0) is 39.1 Å². The van der Waals surface area contributed by atoms with Gasteiger partial charge in [0.2, 0.25) is 0 Å². The van der Waals surface area contributed by atoms with Gasteiger partial charge < -0.3 is 10.5 Å². The molecule has 1 saturated heterocycles. The number of nitrogens with zero attached hydrogens (tertiary/aromatic N) is 1. The van der Waals surface area contributed by atoms with E-state index in [4.69, 9.17) is 10.5 Å². The van der Waals surface area contributed by atoms with E-state index in [2.05, 4.69) is 50.1 Å². The zero-order valence-corrected chi connectivity index (χ0v) is 12.5. The van der Waals surface area contributed by atoms with Gasteiger partial charge in [-0.25, -0.2) is 0 Å². The Kier molecular flexibility index (Phi) is 4.11. The third-order valence-electron chi connectivity index (χ3n) is 3.32. The summed E-state index contributed by atoms with van der Waals surface area (Å²) in [5.41, 5.74) is 6.12. The van der Waals surface area contributed by atoms with E-state index in [0.717, 1.165) is 13.1 Å². The molecule has 0 saturated carbocycles. The molecule has 0 spiro atoms. The van der Waals surface area contributed by atoms with Crippen LogP contribution in [0.25, 0.3) is 0 Å². The van der Waals surface area contributed by atoms with Crippen molar-refractivity contribution >= 4 is 11.3 Å².